The molecule has 7 nitrogen and oxygen atoms in total. The van der Waals surface area contributed by atoms with E-state index >= 15 is 0 Å². The van der Waals surface area contributed by atoms with Crippen LogP contribution in [-0.2, 0) is 17.6 Å². The Kier molecular flexibility index (Phi) is 6.59. The van der Waals surface area contributed by atoms with E-state index < -0.39 is 4.92 Å². The van der Waals surface area contributed by atoms with E-state index in [1.807, 2.05) is 6.92 Å². The topological polar surface area (TPSA) is 101 Å². The van der Waals surface area contributed by atoms with Crippen LogP contribution >= 0.6 is 0 Å². The minimum atomic E-state index is -0.518. The van der Waals surface area contributed by atoms with Gasteiger partial charge in [0.05, 0.1) is 11.0 Å². The predicted molar refractivity (Wildman–Crippen MR) is 110 cm³/mol. The van der Waals surface area contributed by atoms with Crippen LogP contribution in [0.5, 0.6) is 0 Å². The number of benzene rings is 2. The fraction of sp³-hybridized carbons (Fsp3) is 0.364. The molecule has 2 aromatic rings. The summed E-state index contributed by atoms with van der Waals surface area (Å²) in [6, 6.07) is 11.7. The number of amides is 2. The van der Waals surface area contributed by atoms with Crippen molar-refractivity contribution >= 4 is 17.5 Å². The van der Waals surface area contributed by atoms with Gasteiger partial charge in [-0.25, -0.2) is 0 Å². The molecule has 1 aliphatic carbocycles. The second-order valence-electron chi connectivity index (χ2n) is 7.33. The highest BCUT2D eigenvalue weighted by atomic mass is 16.6. The predicted octanol–water partition coefficient (Wildman–Crippen LogP) is 3.47. The molecule has 152 valence electrons. The van der Waals surface area contributed by atoms with Crippen LogP contribution in [0.15, 0.2) is 42.5 Å². The summed E-state index contributed by atoms with van der Waals surface area (Å²) in [6.45, 7) is 2.15. The molecule has 3 rings (SSSR count). The first-order chi connectivity index (χ1) is 13.9. The Morgan fingerprint density at radius 3 is 2.45 bits per heavy atom. The first kappa shape index (κ1) is 20.5. The molecule has 0 saturated heterocycles. The van der Waals surface area contributed by atoms with E-state index in [2.05, 4.69) is 28.8 Å². The van der Waals surface area contributed by atoms with Crippen LogP contribution in [0.2, 0.25) is 0 Å². The summed E-state index contributed by atoms with van der Waals surface area (Å²) in [5.41, 5.74) is 4.13. The second-order valence-corrected chi connectivity index (χ2v) is 7.33. The van der Waals surface area contributed by atoms with E-state index in [4.69, 9.17) is 0 Å². The van der Waals surface area contributed by atoms with Gasteiger partial charge < -0.3 is 10.6 Å². The van der Waals surface area contributed by atoms with Gasteiger partial charge in [0.2, 0.25) is 5.91 Å². The maximum atomic E-state index is 12.2. The molecular weight excluding hydrogens is 370 g/mol. The van der Waals surface area contributed by atoms with Crippen LogP contribution in [0, 0.1) is 10.1 Å². The maximum absolute atomic E-state index is 12.2. The van der Waals surface area contributed by atoms with Crippen LogP contribution in [0.3, 0.4) is 0 Å². The van der Waals surface area contributed by atoms with E-state index in [-0.39, 0.29) is 36.5 Å². The molecule has 0 saturated carbocycles. The van der Waals surface area contributed by atoms with Crippen molar-refractivity contribution in [2.75, 3.05) is 6.54 Å². The Labute approximate surface area is 169 Å². The Balaban J connectivity index is 1.45. The van der Waals surface area contributed by atoms with Crippen molar-refractivity contribution in [1.82, 2.24) is 10.6 Å². The van der Waals surface area contributed by atoms with Crippen molar-refractivity contribution in [2.24, 2.45) is 0 Å². The lowest BCUT2D eigenvalue weighted by Gasteiger charge is -2.20. The molecule has 2 aromatic carbocycles. The summed E-state index contributed by atoms with van der Waals surface area (Å²) in [7, 11) is 0. The highest BCUT2D eigenvalue weighted by molar-refractivity contribution is 5.94. The normalized spacial score (nSPS) is 13.8. The molecule has 0 spiro atoms. The number of nitrogens with one attached hydrogen (secondary N) is 2. The van der Waals surface area contributed by atoms with Crippen molar-refractivity contribution in [3.63, 3.8) is 0 Å². The molecule has 1 aliphatic rings. The lowest BCUT2D eigenvalue weighted by atomic mass is 9.89. The summed E-state index contributed by atoms with van der Waals surface area (Å²) in [6.07, 6.45) is 4.84. The lowest BCUT2D eigenvalue weighted by Crippen LogP contribution is -2.32. The van der Waals surface area contributed by atoms with Crippen molar-refractivity contribution in [3.8, 4) is 0 Å². The smallest absolute Gasteiger partial charge is 0.269 e. The van der Waals surface area contributed by atoms with Crippen LogP contribution in [-0.4, -0.2) is 23.3 Å². The number of non-ortho nitro benzene ring substituents is 1. The van der Waals surface area contributed by atoms with Gasteiger partial charge in [-0.2, -0.15) is 0 Å². The van der Waals surface area contributed by atoms with Crippen LogP contribution in [0.4, 0.5) is 5.69 Å². The van der Waals surface area contributed by atoms with Gasteiger partial charge in [-0.05, 0) is 61.4 Å². The van der Waals surface area contributed by atoms with Crippen LogP contribution in [0.1, 0.15) is 59.3 Å². The Morgan fingerprint density at radius 2 is 1.76 bits per heavy atom. The zero-order valence-electron chi connectivity index (χ0n) is 16.4. The van der Waals surface area contributed by atoms with Crippen molar-refractivity contribution < 1.29 is 14.5 Å². The Morgan fingerprint density at radius 1 is 1.07 bits per heavy atom. The van der Waals surface area contributed by atoms with E-state index in [9.17, 15) is 19.7 Å². The van der Waals surface area contributed by atoms with Crippen molar-refractivity contribution in [1.29, 1.82) is 0 Å². The van der Waals surface area contributed by atoms with Gasteiger partial charge in [0.25, 0.3) is 11.6 Å². The molecule has 0 radical (unpaired) electrons. The average molecular weight is 395 g/mol. The number of hydrogen-bond acceptors (Lipinski definition) is 4. The first-order valence-corrected chi connectivity index (χ1v) is 9.88. The number of nitro benzene ring substituents is 1. The molecule has 0 unspecified atom stereocenters. The highest BCUT2D eigenvalue weighted by Crippen LogP contribution is 2.24. The molecule has 1 atom stereocenters. The minimum absolute atomic E-state index is 0.0721. The molecule has 2 N–H and O–H groups in total. The number of rotatable bonds is 7. The Hall–Kier alpha value is -3.22. The largest absolute Gasteiger partial charge is 0.352 e. The Bertz CT molecular complexity index is 909. The molecule has 0 bridgehead atoms. The fourth-order valence-corrected chi connectivity index (χ4v) is 3.55. The van der Waals surface area contributed by atoms with Gasteiger partial charge >= 0.3 is 0 Å². The monoisotopic (exact) mass is 395 g/mol. The molecule has 7 heteroatoms. The van der Waals surface area contributed by atoms with Gasteiger partial charge in [0.15, 0.2) is 0 Å². The van der Waals surface area contributed by atoms with Gasteiger partial charge in [-0.1, -0.05) is 18.2 Å². The number of aryl methyl sites for hydroxylation is 2. The van der Waals surface area contributed by atoms with Crippen LogP contribution < -0.4 is 10.6 Å². The number of carbonyl (C=O) groups excluding carboxylic acids is 2. The molecular formula is C22H25N3O4. The number of carbonyl (C=O) groups is 2. The highest BCUT2D eigenvalue weighted by Gasteiger charge is 2.15. The summed E-state index contributed by atoms with van der Waals surface area (Å²) in [5.74, 6) is -0.505. The number of nitrogens with zero attached hydrogens (tertiary/aromatic N) is 1. The van der Waals surface area contributed by atoms with Crippen LogP contribution in [0.25, 0.3) is 0 Å². The average Bonchev–Trinajstić information content (AvgIpc) is 2.73. The minimum Gasteiger partial charge on any atom is -0.352 e. The third kappa shape index (κ3) is 5.40. The first-order valence-electron chi connectivity index (χ1n) is 9.88. The maximum Gasteiger partial charge on any atom is 0.269 e. The second kappa shape index (κ2) is 9.32. The molecule has 29 heavy (non-hydrogen) atoms. The summed E-state index contributed by atoms with van der Waals surface area (Å²) in [4.78, 5) is 34.4. The van der Waals surface area contributed by atoms with Gasteiger partial charge in [0, 0.05) is 30.7 Å². The van der Waals surface area contributed by atoms with Gasteiger partial charge in [-0.3, -0.25) is 19.7 Å². The van der Waals surface area contributed by atoms with Gasteiger partial charge in [0.1, 0.15) is 0 Å². The summed E-state index contributed by atoms with van der Waals surface area (Å²) < 4.78 is 0. The van der Waals surface area contributed by atoms with E-state index in [1.165, 1.54) is 48.2 Å². The molecule has 0 aliphatic heterocycles. The van der Waals surface area contributed by atoms with Gasteiger partial charge in [-0.15, -0.1) is 0 Å². The third-order valence-corrected chi connectivity index (χ3v) is 5.23. The third-order valence-electron chi connectivity index (χ3n) is 5.23. The van der Waals surface area contributed by atoms with E-state index in [0.717, 1.165) is 18.4 Å². The number of hydrogen-bond donors (Lipinski definition) is 2. The summed E-state index contributed by atoms with van der Waals surface area (Å²) >= 11 is 0. The number of fused-ring (bicyclic) bond motifs is 1. The standard InChI is InChI=1S/C22H25N3O4/c1-15(18-7-6-16-4-2-3-5-19(16)14-18)24-21(26)12-13-23-22(27)17-8-10-20(11-9-17)25(28)29/h6-11,14-15H,2-5,12-13H2,1H3,(H,23,27)(H,24,26)/t15-/m0/s1. The van der Waals surface area contributed by atoms with E-state index in [0.29, 0.717) is 5.56 Å². The molecule has 0 aromatic heterocycles. The molecule has 0 heterocycles. The quantitative estimate of drug-likeness (QED) is 0.554. The van der Waals surface area contributed by atoms with Crippen molar-refractivity contribution in [2.45, 2.75) is 45.1 Å². The molecule has 2 amide bonds. The summed E-state index contributed by atoms with van der Waals surface area (Å²) in [5, 5.41) is 16.3. The SMILES string of the molecule is C[C@H](NC(=O)CCNC(=O)c1ccc([N+](=O)[O-])cc1)c1ccc2c(c1)CCCC2. The fourth-order valence-electron chi connectivity index (χ4n) is 3.55. The number of nitro groups is 1. The van der Waals surface area contributed by atoms with E-state index in [1.54, 1.807) is 0 Å². The zero-order chi connectivity index (χ0) is 20.8. The molecule has 0 fully saturated rings. The lowest BCUT2D eigenvalue weighted by molar-refractivity contribution is -0.384. The zero-order valence-corrected chi connectivity index (χ0v) is 16.4. The van der Waals surface area contributed by atoms with Crippen molar-refractivity contribution in [3.05, 3.63) is 74.8 Å².